The third kappa shape index (κ3) is 5.10. The van der Waals surface area contributed by atoms with E-state index in [0.717, 1.165) is 18.4 Å². The van der Waals surface area contributed by atoms with Gasteiger partial charge in [0.15, 0.2) is 0 Å². The summed E-state index contributed by atoms with van der Waals surface area (Å²) in [5, 5.41) is 0. The number of hydrogen-bond acceptors (Lipinski definition) is 4. The molecule has 1 aliphatic rings. The number of carbonyl (C=O) groups excluding carboxylic acids is 1. The number of amides is 1. The number of benzene rings is 1. The lowest BCUT2D eigenvalue weighted by Crippen LogP contribution is -2.36. The smallest absolute Gasteiger partial charge is 0.406 e. The third-order valence-electron chi connectivity index (χ3n) is 3.55. The normalized spacial score (nSPS) is 17.4. The minimum atomic E-state index is -4.79. The van der Waals surface area contributed by atoms with Gasteiger partial charge in [-0.3, -0.25) is 4.79 Å². The molecule has 0 aromatic heterocycles. The Hall–Kier alpha value is -1.81. The second kappa shape index (κ2) is 6.98. The highest BCUT2D eigenvalue weighted by atomic mass is 32.2. The zero-order valence-corrected chi connectivity index (χ0v) is 13.7. The first kappa shape index (κ1) is 18.5. The van der Waals surface area contributed by atoms with Crippen LogP contribution in [0, 0.1) is 0 Å². The Balaban J connectivity index is 2.03. The van der Waals surface area contributed by atoms with Gasteiger partial charge in [-0.25, -0.2) is 12.7 Å². The highest BCUT2D eigenvalue weighted by Crippen LogP contribution is 2.23. The molecule has 0 N–H and O–H groups in total. The van der Waals surface area contributed by atoms with Gasteiger partial charge in [0, 0.05) is 31.7 Å². The molecule has 1 amide bonds. The fourth-order valence-corrected chi connectivity index (χ4v) is 3.28. The SMILES string of the molecule is CS(=O)(=O)N1CCCN(C(=O)c2ccc(OC(F)(F)F)cc2)CC1. The van der Waals surface area contributed by atoms with E-state index in [9.17, 15) is 26.4 Å². The maximum atomic E-state index is 12.4. The van der Waals surface area contributed by atoms with Crippen LogP contribution in [0.4, 0.5) is 13.2 Å². The van der Waals surface area contributed by atoms with Gasteiger partial charge in [0.2, 0.25) is 10.0 Å². The Morgan fingerprint density at radius 3 is 2.25 bits per heavy atom. The van der Waals surface area contributed by atoms with Crippen molar-refractivity contribution in [3.8, 4) is 5.75 Å². The van der Waals surface area contributed by atoms with Gasteiger partial charge in [0.25, 0.3) is 5.91 Å². The summed E-state index contributed by atoms with van der Waals surface area (Å²) in [7, 11) is -3.31. The van der Waals surface area contributed by atoms with Crippen molar-refractivity contribution in [1.29, 1.82) is 0 Å². The van der Waals surface area contributed by atoms with Crippen molar-refractivity contribution in [1.82, 2.24) is 9.21 Å². The molecule has 1 heterocycles. The number of sulfonamides is 1. The van der Waals surface area contributed by atoms with Crippen molar-refractivity contribution >= 4 is 15.9 Å². The Bertz CT molecular complexity index is 689. The van der Waals surface area contributed by atoms with Crippen LogP contribution in [0.3, 0.4) is 0 Å². The van der Waals surface area contributed by atoms with Crippen molar-refractivity contribution in [2.75, 3.05) is 32.4 Å². The highest BCUT2D eigenvalue weighted by Gasteiger charge is 2.31. The van der Waals surface area contributed by atoms with Crippen LogP contribution in [-0.4, -0.2) is 62.3 Å². The number of ether oxygens (including phenoxy) is 1. The summed E-state index contributed by atoms with van der Waals surface area (Å²) in [4.78, 5) is 13.9. The van der Waals surface area contributed by atoms with Crippen LogP contribution in [-0.2, 0) is 10.0 Å². The number of nitrogens with zero attached hydrogens (tertiary/aromatic N) is 2. The van der Waals surface area contributed by atoms with Crippen molar-refractivity contribution in [2.24, 2.45) is 0 Å². The molecule has 1 aromatic rings. The number of hydrogen-bond donors (Lipinski definition) is 0. The van der Waals surface area contributed by atoms with Crippen LogP contribution in [0.25, 0.3) is 0 Å². The van der Waals surface area contributed by atoms with E-state index in [1.54, 1.807) is 0 Å². The van der Waals surface area contributed by atoms with E-state index < -0.39 is 22.1 Å². The quantitative estimate of drug-likeness (QED) is 0.817. The molecule has 1 aliphatic heterocycles. The number of alkyl halides is 3. The minimum Gasteiger partial charge on any atom is -0.406 e. The molecule has 0 bridgehead atoms. The predicted molar refractivity (Wildman–Crippen MR) is 80.1 cm³/mol. The second-order valence-corrected chi connectivity index (χ2v) is 7.36. The molecule has 0 aliphatic carbocycles. The molecule has 24 heavy (non-hydrogen) atoms. The van der Waals surface area contributed by atoms with Gasteiger partial charge in [-0.1, -0.05) is 0 Å². The maximum Gasteiger partial charge on any atom is 0.573 e. The first-order chi connectivity index (χ1) is 11.1. The zero-order valence-electron chi connectivity index (χ0n) is 12.9. The first-order valence-corrected chi connectivity index (χ1v) is 9.01. The Morgan fingerprint density at radius 2 is 1.71 bits per heavy atom. The van der Waals surface area contributed by atoms with Gasteiger partial charge in [-0.05, 0) is 30.7 Å². The van der Waals surface area contributed by atoms with Gasteiger partial charge in [0.05, 0.1) is 6.26 Å². The Labute approximate surface area is 137 Å². The zero-order chi connectivity index (χ0) is 18.0. The maximum absolute atomic E-state index is 12.4. The Morgan fingerprint density at radius 1 is 1.08 bits per heavy atom. The van der Waals surface area contributed by atoms with Crippen LogP contribution in [0.1, 0.15) is 16.8 Å². The molecule has 1 fully saturated rings. The second-order valence-electron chi connectivity index (χ2n) is 5.38. The average Bonchev–Trinajstić information content (AvgIpc) is 2.71. The largest absolute Gasteiger partial charge is 0.573 e. The highest BCUT2D eigenvalue weighted by molar-refractivity contribution is 7.88. The van der Waals surface area contributed by atoms with Crippen LogP contribution in [0.2, 0.25) is 0 Å². The summed E-state index contributed by atoms with van der Waals surface area (Å²) in [6.07, 6.45) is -3.18. The van der Waals surface area contributed by atoms with Crippen LogP contribution >= 0.6 is 0 Å². The fraction of sp³-hybridized carbons (Fsp3) is 0.500. The van der Waals surface area contributed by atoms with E-state index in [0.29, 0.717) is 19.5 Å². The molecule has 1 aromatic carbocycles. The molecular formula is C14H17F3N2O4S. The van der Waals surface area contributed by atoms with Crippen molar-refractivity contribution in [2.45, 2.75) is 12.8 Å². The molecule has 0 saturated carbocycles. The number of carbonyl (C=O) groups is 1. The van der Waals surface area contributed by atoms with Gasteiger partial charge in [-0.2, -0.15) is 0 Å². The van der Waals surface area contributed by atoms with E-state index in [-0.39, 0.29) is 24.6 Å². The van der Waals surface area contributed by atoms with E-state index in [1.165, 1.54) is 21.3 Å². The summed E-state index contributed by atoms with van der Waals surface area (Å²) in [5.41, 5.74) is 0.220. The van der Waals surface area contributed by atoms with Crippen molar-refractivity contribution < 1.29 is 31.1 Å². The molecule has 0 atom stereocenters. The van der Waals surface area contributed by atoms with Gasteiger partial charge >= 0.3 is 6.36 Å². The molecule has 134 valence electrons. The van der Waals surface area contributed by atoms with E-state index in [4.69, 9.17) is 0 Å². The van der Waals surface area contributed by atoms with Crippen molar-refractivity contribution in [3.05, 3.63) is 29.8 Å². The lowest BCUT2D eigenvalue weighted by atomic mass is 10.2. The molecular weight excluding hydrogens is 349 g/mol. The van der Waals surface area contributed by atoms with E-state index in [2.05, 4.69) is 4.74 Å². The van der Waals surface area contributed by atoms with Crippen LogP contribution in [0.5, 0.6) is 5.75 Å². The first-order valence-electron chi connectivity index (χ1n) is 7.16. The third-order valence-corrected chi connectivity index (χ3v) is 4.85. The minimum absolute atomic E-state index is 0.194. The fourth-order valence-electron chi connectivity index (χ4n) is 2.41. The number of rotatable bonds is 3. The molecule has 6 nitrogen and oxygen atoms in total. The summed E-state index contributed by atoms with van der Waals surface area (Å²) in [6.45, 7) is 1.14. The summed E-state index contributed by atoms with van der Waals surface area (Å²) < 4.78 is 64.5. The molecule has 0 spiro atoms. The predicted octanol–water partition coefficient (Wildman–Crippen LogP) is 1.69. The van der Waals surface area contributed by atoms with Gasteiger partial charge in [-0.15, -0.1) is 13.2 Å². The molecule has 10 heteroatoms. The Kier molecular flexibility index (Phi) is 5.38. The molecule has 1 saturated heterocycles. The van der Waals surface area contributed by atoms with E-state index in [1.807, 2.05) is 0 Å². The van der Waals surface area contributed by atoms with Crippen LogP contribution in [0.15, 0.2) is 24.3 Å². The lowest BCUT2D eigenvalue weighted by molar-refractivity contribution is -0.274. The molecule has 2 rings (SSSR count). The van der Waals surface area contributed by atoms with E-state index >= 15 is 0 Å². The summed E-state index contributed by atoms with van der Waals surface area (Å²) >= 11 is 0. The van der Waals surface area contributed by atoms with Gasteiger partial charge < -0.3 is 9.64 Å². The summed E-state index contributed by atoms with van der Waals surface area (Å²) in [5.74, 6) is -0.762. The van der Waals surface area contributed by atoms with Gasteiger partial charge in [0.1, 0.15) is 5.75 Å². The van der Waals surface area contributed by atoms with Crippen LogP contribution < -0.4 is 4.74 Å². The number of halogens is 3. The molecule has 0 radical (unpaired) electrons. The summed E-state index contributed by atoms with van der Waals surface area (Å²) in [6, 6.07) is 4.65. The lowest BCUT2D eigenvalue weighted by Gasteiger charge is -2.21. The molecule has 0 unspecified atom stereocenters. The monoisotopic (exact) mass is 366 g/mol. The standard InChI is InChI=1S/C14H17F3N2O4S/c1-24(21,22)19-8-2-7-18(9-10-19)13(20)11-3-5-12(6-4-11)23-14(15,16)17/h3-6H,2,7-10H2,1H3. The topological polar surface area (TPSA) is 66.9 Å². The van der Waals surface area contributed by atoms with Crippen molar-refractivity contribution in [3.63, 3.8) is 0 Å². The average molecular weight is 366 g/mol.